The van der Waals surface area contributed by atoms with Crippen LogP contribution in [0.2, 0.25) is 0 Å². The Morgan fingerprint density at radius 2 is 2.19 bits per heavy atom. The molecule has 0 amide bonds. The van der Waals surface area contributed by atoms with Gasteiger partial charge in [0.1, 0.15) is 5.60 Å². The molecular formula is C12H23NO3. The molecule has 4 nitrogen and oxygen atoms in total. The van der Waals surface area contributed by atoms with Gasteiger partial charge in [-0.1, -0.05) is 6.92 Å². The van der Waals surface area contributed by atoms with Crippen LogP contribution in [0.5, 0.6) is 0 Å². The van der Waals surface area contributed by atoms with Crippen LogP contribution in [-0.4, -0.2) is 37.4 Å². The zero-order chi connectivity index (χ0) is 12.2. The van der Waals surface area contributed by atoms with Gasteiger partial charge < -0.3 is 14.8 Å². The van der Waals surface area contributed by atoms with E-state index in [-0.39, 0.29) is 12.5 Å². The molecule has 1 aliphatic heterocycles. The van der Waals surface area contributed by atoms with Gasteiger partial charge in [0.25, 0.3) is 0 Å². The van der Waals surface area contributed by atoms with Crippen molar-refractivity contribution in [2.45, 2.75) is 45.8 Å². The maximum absolute atomic E-state index is 11.5. The van der Waals surface area contributed by atoms with Crippen molar-refractivity contribution in [2.75, 3.05) is 19.8 Å². The van der Waals surface area contributed by atoms with Crippen LogP contribution in [0.4, 0.5) is 0 Å². The number of esters is 1. The highest BCUT2D eigenvalue weighted by molar-refractivity contribution is 5.72. The highest BCUT2D eigenvalue weighted by atomic mass is 16.6. The van der Waals surface area contributed by atoms with E-state index in [2.05, 4.69) is 12.2 Å². The molecule has 0 unspecified atom stereocenters. The lowest BCUT2D eigenvalue weighted by molar-refractivity contribution is -0.154. The average Bonchev–Trinajstić information content (AvgIpc) is 2.14. The number of rotatable bonds is 3. The second-order valence-corrected chi connectivity index (χ2v) is 5.41. The molecule has 0 aromatic carbocycles. The van der Waals surface area contributed by atoms with Crippen LogP contribution in [0.3, 0.4) is 0 Å². The molecule has 0 bridgehead atoms. The lowest BCUT2D eigenvalue weighted by Gasteiger charge is -2.29. The summed E-state index contributed by atoms with van der Waals surface area (Å²) < 4.78 is 10.6. The van der Waals surface area contributed by atoms with Crippen molar-refractivity contribution in [3.63, 3.8) is 0 Å². The lowest BCUT2D eigenvalue weighted by atomic mass is 9.98. The summed E-state index contributed by atoms with van der Waals surface area (Å²) in [5, 5.41) is 3.24. The maximum Gasteiger partial charge on any atom is 0.320 e. The van der Waals surface area contributed by atoms with Crippen molar-refractivity contribution < 1.29 is 14.3 Å². The normalized spacial score (nSPS) is 26.5. The van der Waals surface area contributed by atoms with Crippen LogP contribution in [0.15, 0.2) is 0 Å². The second kappa shape index (κ2) is 5.64. The van der Waals surface area contributed by atoms with E-state index in [0.717, 1.165) is 19.6 Å². The van der Waals surface area contributed by atoms with Crippen molar-refractivity contribution >= 4 is 5.97 Å². The van der Waals surface area contributed by atoms with E-state index < -0.39 is 5.60 Å². The molecule has 16 heavy (non-hydrogen) atoms. The fraction of sp³-hybridized carbons (Fsp3) is 0.917. The Morgan fingerprint density at radius 3 is 2.75 bits per heavy atom. The van der Waals surface area contributed by atoms with Gasteiger partial charge in [-0.2, -0.15) is 0 Å². The summed E-state index contributed by atoms with van der Waals surface area (Å²) in [6.45, 7) is 9.59. The minimum atomic E-state index is -0.403. The smallest absolute Gasteiger partial charge is 0.320 e. The number of hydrogen-bond donors (Lipinski definition) is 1. The monoisotopic (exact) mass is 229 g/mol. The molecule has 0 radical (unpaired) electrons. The summed E-state index contributed by atoms with van der Waals surface area (Å²) in [4.78, 5) is 11.5. The standard InChI is InChI=1S/C12H23NO3/c1-9-8-15-6-5-10(9)13-7-11(14)16-12(2,3)4/h9-10,13H,5-8H2,1-4H3/t9-,10+/m1/s1. The van der Waals surface area contributed by atoms with Crippen LogP contribution >= 0.6 is 0 Å². The first kappa shape index (κ1) is 13.5. The summed E-state index contributed by atoms with van der Waals surface area (Å²) in [6.07, 6.45) is 0.962. The predicted molar refractivity (Wildman–Crippen MR) is 62.2 cm³/mol. The van der Waals surface area contributed by atoms with Crippen LogP contribution in [0.25, 0.3) is 0 Å². The largest absolute Gasteiger partial charge is 0.459 e. The van der Waals surface area contributed by atoms with Gasteiger partial charge in [0.2, 0.25) is 0 Å². The third-order valence-corrected chi connectivity index (χ3v) is 2.57. The molecule has 4 heteroatoms. The SMILES string of the molecule is C[C@@H]1COCC[C@@H]1NCC(=O)OC(C)(C)C. The van der Waals surface area contributed by atoms with E-state index in [0.29, 0.717) is 12.0 Å². The first-order valence-corrected chi connectivity index (χ1v) is 5.91. The highest BCUT2D eigenvalue weighted by Crippen LogP contribution is 2.13. The van der Waals surface area contributed by atoms with Crippen LogP contribution in [0.1, 0.15) is 34.1 Å². The molecule has 2 atom stereocenters. The molecule has 1 fully saturated rings. The van der Waals surface area contributed by atoms with Crippen molar-refractivity contribution in [3.05, 3.63) is 0 Å². The number of carbonyl (C=O) groups excluding carboxylic acids is 1. The Balaban J connectivity index is 2.25. The van der Waals surface area contributed by atoms with Crippen molar-refractivity contribution in [2.24, 2.45) is 5.92 Å². The number of ether oxygens (including phenoxy) is 2. The zero-order valence-corrected chi connectivity index (χ0v) is 10.7. The molecule has 1 N–H and O–H groups in total. The van der Waals surface area contributed by atoms with E-state index in [1.54, 1.807) is 0 Å². The number of nitrogens with one attached hydrogen (secondary N) is 1. The van der Waals surface area contributed by atoms with E-state index in [1.807, 2.05) is 20.8 Å². The summed E-state index contributed by atoms with van der Waals surface area (Å²) in [6, 6.07) is 0.362. The van der Waals surface area contributed by atoms with Gasteiger partial charge in [0.05, 0.1) is 13.2 Å². The van der Waals surface area contributed by atoms with Crippen LogP contribution in [-0.2, 0) is 14.3 Å². The third kappa shape index (κ3) is 4.94. The Bertz CT molecular complexity index is 235. The Morgan fingerprint density at radius 1 is 1.50 bits per heavy atom. The minimum absolute atomic E-state index is 0.189. The fourth-order valence-electron chi connectivity index (χ4n) is 1.78. The molecule has 1 saturated heterocycles. The zero-order valence-electron chi connectivity index (χ0n) is 10.7. The molecule has 1 aliphatic rings. The van der Waals surface area contributed by atoms with E-state index >= 15 is 0 Å². The molecule has 1 heterocycles. The molecule has 0 aromatic heterocycles. The quantitative estimate of drug-likeness (QED) is 0.742. The van der Waals surface area contributed by atoms with Crippen molar-refractivity contribution in [3.8, 4) is 0 Å². The van der Waals surface area contributed by atoms with Gasteiger partial charge in [-0.3, -0.25) is 4.79 Å². The van der Waals surface area contributed by atoms with E-state index in [1.165, 1.54) is 0 Å². The molecule has 1 rings (SSSR count). The molecule has 0 aliphatic carbocycles. The summed E-state index contributed by atoms with van der Waals surface area (Å²) in [7, 11) is 0. The van der Waals surface area contributed by atoms with Gasteiger partial charge >= 0.3 is 5.97 Å². The van der Waals surface area contributed by atoms with Crippen molar-refractivity contribution in [1.82, 2.24) is 5.32 Å². The van der Waals surface area contributed by atoms with Gasteiger partial charge in [-0.25, -0.2) is 0 Å². The highest BCUT2D eigenvalue weighted by Gasteiger charge is 2.23. The van der Waals surface area contributed by atoms with Gasteiger partial charge in [-0.15, -0.1) is 0 Å². The predicted octanol–water partition coefficient (Wildman–Crippen LogP) is 1.34. The minimum Gasteiger partial charge on any atom is -0.459 e. The molecule has 94 valence electrons. The Kier molecular flexibility index (Phi) is 4.74. The maximum atomic E-state index is 11.5. The topological polar surface area (TPSA) is 47.6 Å². The second-order valence-electron chi connectivity index (χ2n) is 5.41. The first-order chi connectivity index (χ1) is 7.38. The Hall–Kier alpha value is -0.610. The fourth-order valence-corrected chi connectivity index (χ4v) is 1.78. The van der Waals surface area contributed by atoms with Crippen LogP contribution in [0, 0.1) is 5.92 Å². The van der Waals surface area contributed by atoms with E-state index in [9.17, 15) is 4.79 Å². The number of hydrogen-bond acceptors (Lipinski definition) is 4. The van der Waals surface area contributed by atoms with E-state index in [4.69, 9.17) is 9.47 Å². The first-order valence-electron chi connectivity index (χ1n) is 5.91. The van der Waals surface area contributed by atoms with Crippen LogP contribution < -0.4 is 5.32 Å². The Labute approximate surface area is 97.7 Å². The van der Waals surface area contributed by atoms with Gasteiger partial charge in [-0.05, 0) is 33.1 Å². The summed E-state index contributed by atoms with van der Waals surface area (Å²) >= 11 is 0. The number of carbonyl (C=O) groups is 1. The third-order valence-electron chi connectivity index (χ3n) is 2.57. The summed E-state index contributed by atoms with van der Waals surface area (Å²) in [5.41, 5.74) is -0.403. The van der Waals surface area contributed by atoms with Crippen molar-refractivity contribution in [1.29, 1.82) is 0 Å². The van der Waals surface area contributed by atoms with Gasteiger partial charge in [0.15, 0.2) is 0 Å². The lowest BCUT2D eigenvalue weighted by Crippen LogP contribution is -2.44. The molecule has 0 saturated carbocycles. The summed E-state index contributed by atoms with van der Waals surface area (Å²) in [5.74, 6) is 0.266. The average molecular weight is 229 g/mol. The molecule has 0 spiro atoms. The van der Waals surface area contributed by atoms with Gasteiger partial charge in [0, 0.05) is 12.6 Å². The molecular weight excluding hydrogens is 206 g/mol. The molecule has 0 aromatic rings.